The number of amides is 3. The number of benzene rings is 1. The molecule has 0 atom stereocenters. The van der Waals surface area contributed by atoms with Crippen molar-refractivity contribution in [2.24, 2.45) is 0 Å². The zero-order valence-electron chi connectivity index (χ0n) is 17.5. The average Bonchev–Trinajstić information content (AvgIpc) is 3.06. The van der Waals surface area contributed by atoms with Crippen LogP contribution >= 0.6 is 11.8 Å². The molecular weight excluding hydrogens is 398 g/mol. The van der Waals surface area contributed by atoms with Crippen LogP contribution in [0.2, 0.25) is 0 Å². The van der Waals surface area contributed by atoms with Crippen molar-refractivity contribution in [1.82, 2.24) is 14.4 Å². The molecule has 3 heterocycles. The Kier molecular flexibility index (Phi) is 5.99. The summed E-state index contributed by atoms with van der Waals surface area (Å²) in [4.78, 5) is 41.3. The first-order valence-electron chi connectivity index (χ1n) is 10.6. The fourth-order valence-corrected chi connectivity index (χ4v) is 4.94. The number of carbonyl (C=O) groups excluding carboxylic acids is 3. The van der Waals surface area contributed by atoms with Crippen molar-refractivity contribution in [3.05, 3.63) is 40.9 Å². The van der Waals surface area contributed by atoms with Gasteiger partial charge in [0.2, 0.25) is 5.91 Å². The van der Waals surface area contributed by atoms with E-state index < -0.39 is 0 Å². The van der Waals surface area contributed by atoms with Gasteiger partial charge in [-0.1, -0.05) is 31.0 Å². The van der Waals surface area contributed by atoms with Crippen molar-refractivity contribution in [3.8, 4) is 0 Å². The first-order valence-corrected chi connectivity index (χ1v) is 11.4. The average molecular weight is 426 g/mol. The van der Waals surface area contributed by atoms with Gasteiger partial charge in [-0.05, 0) is 50.6 Å². The Labute approximate surface area is 180 Å². The Balaban J connectivity index is 1.56. The number of hydrogen-bond donors (Lipinski definition) is 0. The van der Waals surface area contributed by atoms with Crippen LogP contribution in [0.3, 0.4) is 0 Å². The van der Waals surface area contributed by atoms with Crippen molar-refractivity contribution in [2.75, 3.05) is 19.6 Å². The zero-order chi connectivity index (χ0) is 21.3. The summed E-state index contributed by atoms with van der Waals surface area (Å²) in [5.74, 6) is -0.522. The molecule has 0 N–H and O–H groups in total. The first-order chi connectivity index (χ1) is 14.5. The van der Waals surface area contributed by atoms with Crippen LogP contribution in [0.1, 0.15) is 51.1 Å². The molecule has 2 aliphatic heterocycles. The van der Waals surface area contributed by atoms with E-state index in [4.69, 9.17) is 0 Å². The highest BCUT2D eigenvalue weighted by Crippen LogP contribution is 2.34. The van der Waals surface area contributed by atoms with E-state index in [0.29, 0.717) is 18.0 Å². The van der Waals surface area contributed by atoms with Gasteiger partial charge in [-0.2, -0.15) is 0 Å². The standard InChI is InChI=1S/C23H27N3O3S/c1-16(2)25-14-17(18-9-5-6-10-19(18)25)13-20-22(28)26(23(29)30-20)15-21(27)24-11-7-3-4-8-12-24/h5-6,9-10,13-14,16H,3-4,7-8,11-12,15H2,1-2H3. The van der Waals surface area contributed by atoms with Gasteiger partial charge >= 0.3 is 0 Å². The van der Waals surface area contributed by atoms with E-state index in [9.17, 15) is 14.4 Å². The van der Waals surface area contributed by atoms with Crippen LogP contribution in [0.5, 0.6) is 0 Å². The van der Waals surface area contributed by atoms with Gasteiger partial charge in [0.05, 0.1) is 4.91 Å². The van der Waals surface area contributed by atoms with Crippen molar-refractivity contribution in [3.63, 3.8) is 0 Å². The van der Waals surface area contributed by atoms with Gasteiger partial charge in [-0.25, -0.2) is 0 Å². The van der Waals surface area contributed by atoms with Gasteiger partial charge in [0.1, 0.15) is 6.54 Å². The van der Waals surface area contributed by atoms with Crippen molar-refractivity contribution >= 4 is 45.8 Å². The molecule has 0 saturated carbocycles. The van der Waals surface area contributed by atoms with E-state index in [1.54, 1.807) is 11.0 Å². The fraction of sp³-hybridized carbons (Fsp3) is 0.435. The first kappa shape index (κ1) is 20.7. The van der Waals surface area contributed by atoms with Crippen LogP contribution in [-0.4, -0.2) is 51.1 Å². The summed E-state index contributed by atoms with van der Waals surface area (Å²) in [6.07, 6.45) is 8.01. The number of imide groups is 1. The summed E-state index contributed by atoms with van der Waals surface area (Å²) in [5.41, 5.74) is 2.00. The molecule has 158 valence electrons. The Morgan fingerprint density at radius 2 is 1.80 bits per heavy atom. The van der Waals surface area contributed by atoms with Crippen LogP contribution in [0.4, 0.5) is 4.79 Å². The number of hydrogen-bond acceptors (Lipinski definition) is 4. The molecule has 1 aromatic carbocycles. The van der Waals surface area contributed by atoms with Crippen LogP contribution in [0.15, 0.2) is 35.4 Å². The summed E-state index contributed by atoms with van der Waals surface area (Å²) in [5, 5.41) is 0.667. The molecule has 2 aliphatic rings. The van der Waals surface area contributed by atoms with Crippen LogP contribution in [0.25, 0.3) is 17.0 Å². The smallest absolute Gasteiger partial charge is 0.294 e. The van der Waals surface area contributed by atoms with Crippen molar-refractivity contribution < 1.29 is 14.4 Å². The molecule has 2 aromatic rings. The Morgan fingerprint density at radius 1 is 1.10 bits per heavy atom. The number of para-hydroxylation sites is 1. The summed E-state index contributed by atoms with van der Waals surface area (Å²) in [6.45, 7) is 5.46. The minimum atomic E-state index is -0.380. The number of carbonyl (C=O) groups is 3. The quantitative estimate of drug-likeness (QED) is 0.669. The maximum absolute atomic E-state index is 12.9. The van der Waals surface area contributed by atoms with Gasteiger partial charge in [0.25, 0.3) is 11.1 Å². The van der Waals surface area contributed by atoms with Crippen LogP contribution in [0, 0.1) is 0 Å². The summed E-state index contributed by atoms with van der Waals surface area (Å²) < 4.78 is 2.16. The number of nitrogens with zero attached hydrogens (tertiary/aromatic N) is 3. The topological polar surface area (TPSA) is 62.6 Å². The molecule has 0 radical (unpaired) electrons. The molecule has 2 fully saturated rings. The molecule has 0 bridgehead atoms. The highest BCUT2D eigenvalue weighted by molar-refractivity contribution is 8.18. The molecule has 1 aromatic heterocycles. The van der Waals surface area contributed by atoms with E-state index in [1.165, 1.54) is 0 Å². The van der Waals surface area contributed by atoms with Crippen LogP contribution < -0.4 is 0 Å². The molecule has 0 aliphatic carbocycles. The summed E-state index contributed by atoms with van der Waals surface area (Å²) >= 11 is 0.914. The molecule has 4 rings (SSSR count). The summed E-state index contributed by atoms with van der Waals surface area (Å²) in [6, 6.07) is 8.31. The van der Waals surface area contributed by atoms with E-state index in [0.717, 1.165) is 58.8 Å². The predicted molar refractivity (Wildman–Crippen MR) is 120 cm³/mol. The lowest BCUT2D eigenvalue weighted by Crippen LogP contribution is -2.42. The number of aromatic nitrogens is 1. The molecule has 3 amide bonds. The minimum Gasteiger partial charge on any atom is -0.344 e. The third kappa shape index (κ3) is 4.03. The lowest BCUT2D eigenvalue weighted by atomic mass is 10.1. The van der Waals surface area contributed by atoms with Gasteiger partial charge in [0.15, 0.2) is 0 Å². The predicted octanol–water partition coefficient (Wildman–Crippen LogP) is 4.66. The molecule has 0 spiro atoms. The molecule has 30 heavy (non-hydrogen) atoms. The SMILES string of the molecule is CC(C)n1cc(C=C2SC(=O)N(CC(=O)N3CCCCCC3)C2=O)c2ccccc21. The van der Waals surface area contributed by atoms with Crippen LogP contribution in [-0.2, 0) is 9.59 Å². The Hall–Kier alpha value is -2.54. The second-order valence-electron chi connectivity index (χ2n) is 8.17. The minimum absolute atomic E-state index is 0.142. The zero-order valence-corrected chi connectivity index (χ0v) is 18.3. The second kappa shape index (κ2) is 8.68. The van der Waals surface area contributed by atoms with Gasteiger partial charge in [-0.15, -0.1) is 0 Å². The maximum atomic E-state index is 12.9. The lowest BCUT2D eigenvalue weighted by molar-refractivity contribution is -0.135. The van der Waals surface area contributed by atoms with Gasteiger partial charge in [-0.3, -0.25) is 19.3 Å². The molecule has 0 unspecified atom stereocenters. The van der Waals surface area contributed by atoms with E-state index in [-0.39, 0.29) is 29.6 Å². The fourth-order valence-electron chi connectivity index (χ4n) is 4.11. The van der Waals surface area contributed by atoms with Gasteiger partial charge in [0, 0.05) is 41.8 Å². The highest BCUT2D eigenvalue weighted by Gasteiger charge is 2.37. The third-order valence-corrected chi connectivity index (χ3v) is 6.65. The third-order valence-electron chi connectivity index (χ3n) is 5.74. The normalized spacial score (nSPS) is 19.4. The number of fused-ring (bicyclic) bond motifs is 1. The number of likely N-dealkylation sites (tertiary alicyclic amines) is 1. The van der Waals surface area contributed by atoms with E-state index in [1.807, 2.05) is 24.4 Å². The maximum Gasteiger partial charge on any atom is 0.294 e. The molecule has 6 nitrogen and oxygen atoms in total. The largest absolute Gasteiger partial charge is 0.344 e. The van der Waals surface area contributed by atoms with Gasteiger partial charge < -0.3 is 9.47 Å². The lowest BCUT2D eigenvalue weighted by Gasteiger charge is -2.22. The second-order valence-corrected chi connectivity index (χ2v) is 9.16. The highest BCUT2D eigenvalue weighted by atomic mass is 32.2. The molecule has 7 heteroatoms. The molecule has 2 saturated heterocycles. The Bertz CT molecular complexity index is 1020. The van der Waals surface area contributed by atoms with E-state index >= 15 is 0 Å². The van der Waals surface area contributed by atoms with E-state index in [2.05, 4.69) is 24.5 Å². The monoisotopic (exact) mass is 425 g/mol. The molecular formula is C23H27N3O3S. The number of thioether (sulfide) groups is 1. The number of rotatable bonds is 4. The summed E-state index contributed by atoms with van der Waals surface area (Å²) in [7, 11) is 0. The Morgan fingerprint density at radius 3 is 2.50 bits per heavy atom. The van der Waals surface area contributed by atoms with Crippen molar-refractivity contribution in [1.29, 1.82) is 0 Å². The van der Waals surface area contributed by atoms with Crippen molar-refractivity contribution in [2.45, 2.75) is 45.6 Å².